The summed E-state index contributed by atoms with van der Waals surface area (Å²) < 4.78 is 27.1. The number of carbonyl (C=O) groups excluding carboxylic acids is 1. The van der Waals surface area contributed by atoms with Gasteiger partial charge in [-0.25, -0.2) is 8.78 Å². The summed E-state index contributed by atoms with van der Waals surface area (Å²) in [4.78, 5) is 12.9. The molecule has 1 aromatic carbocycles. The Bertz CT molecular complexity index is 464. The number of aryl methyl sites for hydroxylation is 1. The van der Waals surface area contributed by atoms with Crippen molar-refractivity contribution in [2.75, 3.05) is 17.3 Å². The second kappa shape index (κ2) is 4.61. The number of rotatable bonds is 2. The van der Waals surface area contributed by atoms with Gasteiger partial charge in [0.05, 0.1) is 5.69 Å². The van der Waals surface area contributed by atoms with Gasteiger partial charge in [0, 0.05) is 24.9 Å². The number of anilines is 1. The largest absolute Gasteiger partial charge is 0.309 e. The van der Waals surface area contributed by atoms with Crippen molar-refractivity contribution in [3.05, 3.63) is 29.3 Å². The van der Waals surface area contributed by atoms with Gasteiger partial charge in [-0.3, -0.25) is 4.79 Å². The summed E-state index contributed by atoms with van der Waals surface area (Å²) in [5, 5.41) is 0. The van der Waals surface area contributed by atoms with Crippen LogP contribution in [0.5, 0.6) is 0 Å². The number of hydrogen-bond donors (Lipinski definition) is 0. The van der Waals surface area contributed by atoms with Gasteiger partial charge in [-0.2, -0.15) is 0 Å². The predicted molar refractivity (Wildman–Crippen MR) is 62.3 cm³/mol. The lowest BCUT2D eigenvalue weighted by atomic mass is 10.1. The van der Waals surface area contributed by atoms with Gasteiger partial charge in [0.25, 0.3) is 0 Å². The zero-order chi connectivity index (χ0) is 12.6. The third-order valence-corrected chi connectivity index (χ3v) is 3.38. The normalized spacial score (nSPS) is 20.1. The van der Waals surface area contributed by atoms with Gasteiger partial charge < -0.3 is 4.90 Å². The number of nitrogens with zero attached hydrogens (tertiary/aromatic N) is 1. The first kappa shape index (κ1) is 12.3. The van der Waals surface area contributed by atoms with Crippen molar-refractivity contribution in [2.45, 2.75) is 13.3 Å². The molecule has 17 heavy (non-hydrogen) atoms. The van der Waals surface area contributed by atoms with Gasteiger partial charge in [-0.1, -0.05) is 0 Å². The summed E-state index contributed by atoms with van der Waals surface area (Å²) in [6, 6.07) is 2.17. The fourth-order valence-corrected chi connectivity index (χ4v) is 2.17. The Kier molecular flexibility index (Phi) is 3.33. The Morgan fingerprint density at radius 2 is 2.12 bits per heavy atom. The van der Waals surface area contributed by atoms with Crippen LogP contribution in [-0.4, -0.2) is 18.3 Å². The monoisotopic (exact) mass is 259 g/mol. The molecule has 1 aromatic rings. The lowest BCUT2D eigenvalue weighted by Gasteiger charge is -2.17. The molecule has 2 rings (SSSR count). The van der Waals surface area contributed by atoms with Crippen molar-refractivity contribution >= 4 is 23.2 Å². The van der Waals surface area contributed by atoms with Crippen molar-refractivity contribution in [1.29, 1.82) is 0 Å². The van der Waals surface area contributed by atoms with Crippen LogP contribution < -0.4 is 4.90 Å². The molecule has 1 amide bonds. The molecule has 1 saturated heterocycles. The van der Waals surface area contributed by atoms with Gasteiger partial charge >= 0.3 is 0 Å². The van der Waals surface area contributed by atoms with Crippen molar-refractivity contribution < 1.29 is 13.6 Å². The Balaban J connectivity index is 2.35. The van der Waals surface area contributed by atoms with Gasteiger partial charge in [0.1, 0.15) is 11.6 Å². The Morgan fingerprint density at radius 1 is 1.41 bits per heavy atom. The van der Waals surface area contributed by atoms with E-state index >= 15 is 0 Å². The molecule has 0 saturated carbocycles. The fourth-order valence-electron chi connectivity index (χ4n) is 1.96. The Labute approximate surface area is 103 Å². The Hall–Kier alpha value is -1.16. The molecule has 2 nitrogen and oxygen atoms in total. The maximum absolute atomic E-state index is 13.7. The zero-order valence-electron chi connectivity index (χ0n) is 9.34. The Morgan fingerprint density at radius 3 is 2.71 bits per heavy atom. The number of alkyl halides is 1. The second-order valence-electron chi connectivity index (χ2n) is 4.28. The minimum absolute atomic E-state index is 0.00529. The molecule has 1 unspecified atom stereocenters. The van der Waals surface area contributed by atoms with E-state index in [4.69, 9.17) is 11.6 Å². The number of amides is 1. The average Bonchev–Trinajstić information content (AvgIpc) is 2.65. The summed E-state index contributed by atoms with van der Waals surface area (Å²) in [5.74, 6) is -0.945. The van der Waals surface area contributed by atoms with Crippen LogP contribution in [0.4, 0.5) is 14.5 Å². The second-order valence-corrected chi connectivity index (χ2v) is 4.59. The van der Waals surface area contributed by atoms with Crippen LogP contribution in [0.15, 0.2) is 12.1 Å². The van der Waals surface area contributed by atoms with Crippen LogP contribution in [-0.2, 0) is 4.79 Å². The van der Waals surface area contributed by atoms with E-state index in [-0.39, 0.29) is 23.1 Å². The first-order valence-corrected chi connectivity index (χ1v) is 5.88. The molecule has 0 aromatic heterocycles. The highest BCUT2D eigenvalue weighted by Crippen LogP contribution is 2.29. The van der Waals surface area contributed by atoms with Gasteiger partial charge in [-0.15, -0.1) is 11.6 Å². The smallest absolute Gasteiger partial charge is 0.227 e. The van der Waals surface area contributed by atoms with Crippen molar-refractivity contribution in [3.8, 4) is 0 Å². The van der Waals surface area contributed by atoms with Crippen LogP contribution >= 0.6 is 11.6 Å². The summed E-state index contributed by atoms with van der Waals surface area (Å²) in [5.41, 5.74) is 0.234. The summed E-state index contributed by atoms with van der Waals surface area (Å²) in [6.07, 6.45) is 0.290. The maximum atomic E-state index is 13.7. The minimum Gasteiger partial charge on any atom is -0.309 e. The number of benzene rings is 1. The zero-order valence-corrected chi connectivity index (χ0v) is 10.1. The lowest BCUT2D eigenvalue weighted by molar-refractivity contribution is -0.117. The molecule has 1 aliphatic heterocycles. The highest BCUT2D eigenvalue weighted by molar-refractivity contribution is 6.18. The molecule has 0 N–H and O–H groups in total. The SMILES string of the molecule is Cc1cc(F)c(N2CC(CCl)CC2=O)cc1F. The van der Waals surface area contributed by atoms with E-state index in [1.807, 2.05) is 0 Å². The molecule has 5 heteroatoms. The van der Waals surface area contributed by atoms with Crippen LogP contribution in [0, 0.1) is 24.5 Å². The van der Waals surface area contributed by atoms with E-state index in [9.17, 15) is 13.6 Å². The number of carbonyl (C=O) groups is 1. The quantitative estimate of drug-likeness (QED) is 0.748. The summed E-state index contributed by atoms with van der Waals surface area (Å²) >= 11 is 5.68. The van der Waals surface area contributed by atoms with E-state index in [0.717, 1.165) is 12.1 Å². The van der Waals surface area contributed by atoms with Gasteiger partial charge in [0.15, 0.2) is 0 Å². The highest BCUT2D eigenvalue weighted by atomic mass is 35.5. The first-order chi connectivity index (χ1) is 8.02. The van der Waals surface area contributed by atoms with Crippen LogP contribution in [0.2, 0.25) is 0 Å². The third kappa shape index (κ3) is 2.27. The molecule has 92 valence electrons. The number of hydrogen-bond acceptors (Lipinski definition) is 1. The lowest BCUT2D eigenvalue weighted by Crippen LogP contribution is -2.26. The maximum Gasteiger partial charge on any atom is 0.227 e. The predicted octanol–water partition coefficient (Wildman–Crippen LogP) is 2.86. The number of halogens is 3. The standard InChI is InChI=1S/C12H12ClF2NO/c1-7-2-10(15)11(4-9(7)14)16-6-8(5-13)3-12(16)17/h2,4,8H,3,5-6H2,1H3. The molecule has 0 aliphatic carbocycles. The van der Waals surface area contributed by atoms with E-state index in [1.54, 1.807) is 0 Å². The molecule has 0 bridgehead atoms. The van der Waals surface area contributed by atoms with Crippen molar-refractivity contribution in [2.24, 2.45) is 5.92 Å². The molecule has 1 aliphatic rings. The molecule has 1 heterocycles. The molecule has 0 spiro atoms. The molecular weight excluding hydrogens is 248 g/mol. The summed E-state index contributed by atoms with van der Waals surface area (Å²) in [7, 11) is 0. The van der Waals surface area contributed by atoms with E-state index < -0.39 is 11.6 Å². The topological polar surface area (TPSA) is 20.3 Å². The molecule has 1 atom stereocenters. The van der Waals surface area contributed by atoms with E-state index in [1.165, 1.54) is 11.8 Å². The van der Waals surface area contributed by atoms with Crippen LogP contribution in [0.25, 0.3) is 0 Å². The third-order valence-electron chi connectivity index (χ3n) is 2.94. The van der Waals surface area contributed by atoms with Crippen molar-refractivity contribution in [3.63, 3.8) is 0 Å². The van der Waals surface area contributed by atoms with E-state index in [0.29, 0.717) is 18.8 Å². The summed E-state index contributed by atoms with van der Waals surface area (Å²) in [6.45, 7) is 1.83. The van der Waals surface area contributed by atoms with Gasteiger partial charge in [-0.05, 0) is 24.5 Å². The van der Waals surface area contributed by atoms with Crippen LogP contribution in [0.1, 0.15) is 12.0 Å². The van der Waals surface area contributed by atoms with E-state index in [2.05, 4.69) is 0 Å². The fraction of sp³-hybridized carbons (Fsp3) is 0.417. The first-order valence-electron chi connectivity index (χ1n) is 5.35. The molecular formula is C12H12ClF2NO. The van der Waals surface area contributed by atoms with Crippen molar-refractivity contribution in [1.82, 2.24) is 0 Å². The van der Waals surface area contributed by atoms with Crippen LogP contribution in [0.3, 0.4) is 0 Å². The van der Waals surface area contributed by atoms with Gasteiger partial charge in [0.2, 0.25) is 5.91 Å². The molecule has 0 radical (unpaired) electrons. The highest BCUT2D eigenvalue weighted by Gasteiger charge is 2.31. The molecule has 1 fully saturated rings. The minimum atomic E-state index is -0.576. The average molecular weight is 260 g/mol.